The molecule has 5 heteroatoms. The maximum atomic E-state index is 4.40. The summed E-state index contributed by atoms with van der Waals surface area (Å²) in [7, 11) is 0. The van der Waals surface area contributed by atoms with E-state index in [4.69, 9.17) is 0 Å². The molecule has 0 aliphatic carbocycles. The van der Waals surface area contributed by atoms with Gasteiger partial charge >= 0.3 is 0 Å². The highest BCUT2D eigenvalue weighted by Crippen LogP contribution is 2.15. The Kier molecular flexibility index (Phi) is 5.94. The third-order valence-corrected chi connectivity index (χ3v) is 3.19. The van der Waals surface area contributed by atoms with E-state index in [1.165, 1.54) is 5.56 Å². The molecule has 0 bridgehead atoms. The Morgan fingerprint density at radius 1 is 1.05 bits per heavy atom. The second-order valence-corrected chi connectivity index (χ2v) is 4.96. The minimum atomic E-state index is 0.737. The molecule has 0 amide bonds. The Morgan fingerprint density at radius 2 is 1.76 bits per heavy atom. The zero-order valence-corrected chi connectivity index (χ0v) is 12.8. The quantitative estimate of drug-likeness (QED) is 0.807. The first-order valence-electron chi connectivity index (χ1n) is 7.53. The number of nitrogens with zero attached hydrogens (tertiary/aromatic N) is 4. The molecule has 112 valence electrons. The van der Waals surface area contributed by atoms with Crippen LogP contribution in [0.15, 0.2) is 36.9 Å². The van der Waals surface area contributed by atoms with Crippen molar-refractivity contribution >= 4 is 11.6 Å². The molecule has 0 aromatic carbocycles. The van der Waals surface area contributed by atoms with Crippen molar-refractivity contribution in [3.8, 4) is 0 Å². The summed E-state index contributed by atoms with van der Waals surface area (Å²) in [6.45, 7) is 7.16. The van der Waals surface area contributed by atoms with Crippen LogP contribution in [0.5, 0.6) is 0 Å². The number of anilines is 2. The molecule has 2 heterocycles. The van der Waals surface area contributed by atoms with Crippen molar-refractivity contribution in [1.82, 2.24) is 15.0 Å². The van der Waals surface area contributed by atoms with Crippen molar-refractivity contribution < 1.29 is 0 Å². The van der Waals surface area contributed by atoms with Gasteiger partial charge in [-0.2, -0.15) is 0 Å². The monoisotopic (exact) mass is 285 g/mol. The van der Waals surface area contributed by atoms with E-state index in [-0.39, 0.29) is 0 Å². The average molecular weight is 285 g/mol. The van der Waals surface area contributed by atoms with Gasteiger partial charge in [-0.3, -0.25) is 4.98 Å². The van der Waals surface area contributed by atoms with Crippen LogP contribution in [0.25, 0.3) is 0 Å². The number of hydrogen-bond acceptors (Lipinski definition) is 5. The normalized spacial score (nSPS) is 10.4. The maximum absolute atomic E-state index is 4.40. The number of aromatic nitrogens is 3. The van der Waals surface area contributed by atoms with Crippen LogP contribution in [0.3, 0.4) is 0 Å². The van der Waals surface area contributed by atoms with Gasteiger partial charge in [0.2, 0.25) is 0 Å². The molecule has 1 N–H and O–H groups in total. The lowest BCUT2D eigenvalue weighted by molar-refractivity contribution is 0.732. The summed E-state index contributed by atoms with van der Waals surface area (Å²) in [5.74, 6) is 1.85. The minimum absolute atomic E-state index is 0.737. The molecule has 0 unspecified atom stereocenters. The summed E-state index contributed by atoms with van der Waals surface area (Å²) in [6, 6.07) is 6.01. The van der Waals surface area contributed by atoms with E-state index in [0.29, 0.717) is 0 Å². The maximum Gasteiger partial charge on any atom is 0.134 e. The van der Waals surface area contributed by atoms with Gasteiger partial charge in [-0.1, -0.05) is 13.8 Å². The molecule has 0 spiro atoms. The van der Waals surface area contributed by atoms with E-state index in [0.717, 1.165) is 44.1 Å². The lowest BCUT2D eigenvalue weighted by Gasteiger charge is -2.22. The molecule has 2 aromatic rings. The van der Waals surface area contributed by atoms with Crippen LogP contribution in [0.4, 0.5) is 11.6 Å². The Morgan fingerprint density at radius 3 is 2.43 bits per heavy atom. The van der Waals surface area contributed by atoms with Crippen LogP contribution in [0.1, 0.15) is 32.3 Å². The minimum Gasteiger partial charge on any atom is -0.366 e. The summed E-state index contributed by atoms with van der Waals surface area (Å²) < 4.78 is 0. The van der Waals surface area contributed by atoms with Gasteiger partial charge in [0.1, 0.15) is 18.0 Å². The van der Waals surface area contributed by atoms with Gasteiger partial charge in [0, 0.05) is 38.1 Å². The molecule has 2 rings (SSSR count). The molecule has 5 nitrogen and oxygen atoms in total. The number of pyridine rings is 1. The lowest BCUT2D eigenvalue weighted by atomic mass is 10.3. The van der Waals surface area contributed by atoms with Crippen LogP contribution in [0, 0.1) is 0 Å². The molecular formula is C16H23N5. The smallest absolute Gasteiger partial charge is 0.134 e. The molecule has 0 atom stereocenters. The fourth-order valence-electron chi connectivity index (χ4n) is 2.19. The predicted octanol–water partition coefficient (Wildman–Crippen LogP) is 3.11. The van der Waals surface area contributed by atoms with Crippen LogP contribution in [0.2, 0.25) is 0 Å². The molecule has 0 aliphatic heterocycles. The van der Waals surface area contributed by atoms with E-state index in [1.54, 1.807) is 18.7 Å². The topological polar surface area (TPSA) is 53.9 Å². The summed E-state index contributed by atoms with van der Waals surface area (Å²) in [6.07, 6.45) is 7.45. The molecule has 0 radical (unpaired) electrons. The first-order chi connectivity index (χ1) is 10.3. The second kappa shape index (κ2) is 8.19. The van der Waals surface area contributed by atoms with Gasteiger partial charge in [-0.25, -0.2) is 9.97 Å². The highest BCUT2D eigenvalue weighted by Gasteiger charge is 2.07. The number of nitrogens with one attached hydrogen (secondary N) is 1. The Balaban J connectivity index is 2.02. The fraction of sp³-hybridized carbons (Fsp3) is 0.438. The summed E-state index contributed by atoms with van der Waals surface area (Å²) in [4.78, 5) is 15.0. The Labute approximate surface area is 126 Å². The van der Waals surface area contributed by atoms with Crippen molar-refractivity contribution in [1.29, 1.82) is 0 Å². The third-order valence-electron chi connectivity index (χ3n) is 3.19. The van der Waals surface area contributed by atoms with Gasteiger partial charge < -0.3 is 10.2 Å². The van der Waals surface area contributed by atoms with Gasteiger partial charge in [-0.15, -0.1) is 0 Å². The molecule has 21 heavy (non-hydrogen) atoms. The zero-order valence-electron chi connectivity index (χ0n) is 12.8. The molecular weight excluding hydrogens is 262 g/mol. The van der Waals surface area contributed by atoms with Crippen molar-refractivity contribution in [2.75, 3.05) is 23.3 Å². The molecule has 0 saturated carbocycles. The highest BCUT2D eigenvalue weighted by atomic mass is 15.2. The molecule has 0 aliphatic rings. The molecule has 2 aromatic heterocycles. The number of hydrogen-bond donors (Lipinski definition) is 1. The standard InChI is InChI=1S/C16H23N5/c1-3-9-21(10-4-2)16-11-15(19-13-20-16)18-12-14-5-7-17-8-6-14/h5-8,11,13H,3-4,9-10,12H2,1-2H3,(H,18,19,20). The fourth-order valence-corrected chi connectivity index (χ4v) is 2.19. The summed E-state index contributed by atoms with van der Waals surface area (Å²) in [5.41, 5.74) is 1.18. The van der Waals surface area contributed by atoms with E-state index in [9.17, 15) is 0 Å². The van der Waals surface area contributed by atoms with E-state index >= 15 is 0 Å². The SMILES string of the molecule is CCCN(CCC)c1cc(NCc2ccncc2)ncn1. The van der Waals surface area contributed by atoms with Gasteiger partial charge in [0.25, 0.3) is 0 Å². The second-order valence-electron chi connectivity index (χ2n) is 4.96. The van der Waals surface area contributed by atoms with Crippen LogP contribution in [-0.2, 0) is 6.54 Å². The lowest BCUT2D eigenvalue weighted by Crippen LogP contribution is -2.26. The van der Waals surface area contributed by atoms with Crippen LogP contribution >= 0.6 is 0 Å². The van der Waals surface area contributed by atoms with Crippen molar-refractivity contribution in [2.24, 2.45) is 0 Å². The molecule has 0 saturated heterocycles. The van der Waals surface area contributed by atoms with E-state index in [2.05, 4.69) is 39.0 Å². The molecule has 0 fully saturated rings. The van der Waals surface area contributed by atoms with E-state index < -0.39 is 0 Å². The highest BCUT2D eigenvalue weighted by molar-refractivity contribution is 5.48. The summed E-state index contributed by atoms with van der Waals surface area (Å²) >= 11 is 0. The zero-order chi connectivity index (χ0) is 14.9. The average Bonchev–Trinajstić information content (AvgIpc) is 2.54. The Hall–Kier alpha value is -2.17. The van der Waals surface area contributed by atoms with Crippen molar-refractivity contribution in [2.45, 2.75) is 33.2 Å². The first-order valence-corrected chi connectivity index (χ1v) is 7.53. The predicted molar refractivity (Wildman–Crippen MR) is 86.4 cm³/mol. The van der Waals surface area contributed by atoms with Gasteiger partial charge in [-0.05, 0) is 30.5 Å². The van der Waals surface area contributed by atoms with Crippen molar-refractivity contribution in [3.05, 3.63) is 42.5 Å². The van der Waals surface area contributed by atoms with Crippen LogP contribution in [-0.4, -0.2) is 28.0 Å². The van der Waals surface area contributed by atoms with Gasteiger partial charge in [0.15, 0.2) is 0 Å². The Bertz CT molecular complexity index is 523. The van der Waals surface area contributed by atoms with Gasteiger partial charge in [0.05, 0.1) is 0 Å². The third kappa shape index (κ3) is 4.70. The van der Waals surface area contributed by atoms with E-state index in [1.807, 2.05) is 18.2 Å². The number of rotatable bonds is 8. The van der Waals surface area contributed by atoms with Crippen molar-refractivity contribution in [3.63, 3.8) is 0 Å². The largest absolute Gasteiger partial charge is 0.366 e. The summed E-state index contributed by atoms with van der Waals surface area (Å²) in [5, 5.41) is 3.33. The van der Waals surface area contributed by atoms with Crippen LogP contribution < -0.4 is 10.2 Å². The first kappa shape index (κ1) is 15.2.